The Balaban J connectivity index is 0.00000220. The average Bonchev–Trinajstić information content (AvgIpc) is 2.49. The number of anilines is 2. The molecule has 0 N–H and O–H groups in total. The lowest BCUT2D eigenvalue weighted by Crippen LogP contribution is -2.14. The van der Waals surface area contributed by atoms with Crippen LogP contribution in [0.1, 0.15) is 20.4 Å². The molecule has 0 aliphatic heterocycles. The Labute approximate surface area is 135 Å². The first-order valence-corrected chi connectivity index (χ1v) is 6.63. The van der Waals surface area contributed by atoms with E-state index in [9.17, 15) is 0 Å². The van der Waals surface area contributed by atoms with E-state index >= 15 is 0 Å². The van der Waals surface area contributed by atoms with Crippen molar-refractivity contribution < 1.29 is 0 Å². The molecule has 0 spiro atoms. The minimum Gasteiger partial charge on any atom is -0.311 e. The molecular weight excluding hydrogens is 266 g/mol. The van der Waals surface area contributed by atoms with Crippen molar-refractivity contribution in [3.8, 4) is 0 Å². The molecule has 0 aliphatic carbocycles. The third-order valence-corrected chi connectivity index (χ3v) is 3.06. The van der Waals surface area contributed by atoms with Gasteiger partial charge in [-0.15, -0.1) is 0 Å². The van der Waals surface area contributed by atoms with E-state index in [2.05, 4.69) is 61.4 Å². The number of hydrogen-bond donors (Lipinski definition) is 0. The number of hydrogen-bond acceptors (Lipinski definition) is 1. The van der Waals surface area contributed by atoms with Crippen LogP contribution in [0.4, 0.5) is 11.4 Å². The molecule has 0 saturated carbocycles. The third-order valence-electron chi connectivity index (χ3n) is 3.06. The molecule has 0 bridgehead atoms. The van der Waals surface area contributed by atoms with Gasteiger partial charge in [0.25, 0.3) is 0 Å². The number of allylic oxidation sites excluding steroid dienone is 3. The van der Waals surface area contributed by atoms with Gasteiger partial charge in [0.05, 0.1) is 0 Å². The Kier molecular flexibility index (Phi) is 8.32. The first-order valence-electron chi connectivity index (χ1n) is 6.63. The molecule has 1 nitrogen and oxygen atoms in total. The average molecular weight is 293 g/mol. The summed E-state index contributed by atoms with van der Waals surface area (Å²) in [5.41, 5.74) is 4.45. The summed E-state index contributed by atoms with van der Waals surface area (Å²) in [5.74, 6) is 0. The molecule has 2 rings (SSSR count). The Hall–Kier alpha value is -2.54. The van der Waals surface area contributed by atoms with Gasteiger partial charge >= 0.3 is 0 Å². The molecule has 116 valence electrons. The van der Waals surface area contributed by atoms with Crippen molar-refractivity contribution in [2.45, 2.75) is 21.8 Å². The maximum atomic E-state index is 3.91. The minimum atomic E-state index is 0. The van der Waals surface area contributed by atoms with Crippen LogP contribution in [0.3, 0.4) is 0 Å². The van der Waals surface area contributed by atoms with Crippen molar-refractivity contribution in [3.05, 3.63) is 97.2 Å². The standard InChI is InChI=1S/C19H19N.2CH4/c1-4-9-17(5-2)20(18-10-7-6-8-11-18)19-14-12-16(3)13-15-19;;/h4-15H,1-2H2,3H3;2*1H4/b17-9+;;. The fraction of sp³-hybridized carbons (Fsp3) is 0.143. The van der Waals surface area contributed by atoms with Crippen LogP contribution in [0.15, 0.2) is 91.7 Å². The van der Waals surface area contributed by atoms with Gasteiger partial charge in [-0.2, -0.15) is 0 Å². The molecule has 2 aromatic carbocycles. The smallest absolute Gasteiger partial charge is 0.0461 e. The maximum absolute atomic E-state index is 3.91. The van der Waals surface area contributed by atoms with Gasteiger partial charge < -0.3 is 4.90 Å². The fourth-order valence-corrected chi connectivity index (χ4v) is 2.07. The van der Waals surface area contributed by atoms with Crippen molar-refractivity contribution in [3.63, 3.8) is 0 Å². The maximum Gasteiger partial charge on any atom is 0.0461 e. The molecular formula is C21H27N. The summed E-state index contributed by atoms with van der Waals surface area (Å²) in [4.78, 5) is 2.16. The zero-order valence-electron chi connectivity index (χ0n) is 11.8. The van der Waals surface area contributed by atoms with Gasteiger partial charge in [0.1, 0.15) is 0 Å². The summed E-state index contributed by atoms with van der Waals surface area (Å²) < 4.78 is 0. The predicted molar refractivity (Wildman–Crippen MR) is 102 cm³/mol. The van der Waals surface area contributed by atoms with Crippen molar-refractivity contribution in [1.29, 1.82) is 0 Å². The molecule has 1 heteroatoms. The topological polar surface area (TPSA) is 3.24 Å². The Morgan fingerprint density at radius 3 is 1.91 bits per heavy atom. The largest absolute Gasteiger partial charge is 0.311 e. The van der Waals surface area contributed by atoms with E-state index in [1.165, 1.54) is 5.56 Å². The summed E-state index contributed by atoms with van der Waals surface area (Å²) in [5, 5.41) is 0. The second-order valence-electron chi connectivity index (χ2n) is 4.54. The molecule has 0 saturated heterocycles. The highest BCUT2D eigenvalue weighted by molar-refractivity contribution is 5.70. The van der Waals surface area contributed by atoms with Crippen LogP contribution in [0.5, 0.6) is 0 Å². The molecule has 0 aliphatic rings. The zero-order valence-corrected chi connectivity index (χ0v) is 11.8. The first kappa shape index (κ1) is 19.5. The van der Waals surface area contributed by atoms with Gasteiger partial charge in [-0.25, -0.2) is 0 Å². The summed E-state index contributed by atoms with van der Waals surface area (Å²) in [6, 6.07) is 18.7. The summed E-state index contributed by atoms with van der Waals surface area (Å²) in [6.07, 6.45) is 5.58. The fourth-order valence-electron chi connectivity index (χ4n) is 2.07. The van der Waals surface area contributed by atoms with Crippen LogP contribution in [0, 0.1) is 6.92 Å². The van der Waals surface area contributed by atoms with Crippen LogP contribution in [0.2, 0.25) is 0 Å². The van der Waals surface area contributed by atoms with E-state index in [0.29, 0.717) is 0 Å². The van der Waals surface area contributed by atoms with Gasteiger partial charge in [0.15, 0.2) is 0 Å². The lowest BCUT2D eigenvalue weighted by molar-refractivity contribution is 1.21. The van der Waals surface area contributed by atoms with Gasteiger partial charge in [-0.1, -0.05) is 70.0 Å². The van der Waals surface area contributed by atoms with Gasteiger partial charge in [-0.3, -0.25) is 0 Å². The second kappa shape index (κ2) is 9.41. The number of rotatable bonds is 5. The molecule has 0 amide bonds. The molecule has 0 fully saturated rings. The number of nitrogens with zero attached hydrogens (tertiary/aromatic N) is 1. The van der Waals surface area contributed by atoms with Gasteiger partial charge in [0.2, 0.25) is 0 Å². The normalized spacial score (nSPS) is 9.95. The Bertz CT molecular complexity index is 606. The lowest BCUT2D eigenvalue weighted by atomic mass is 10.1. The third kappa shape index (κ3) is 4.49. The van der Waals surface area contributed by atoms with Crippen molar-refractivity contribution in [2.75, 3.05) is 4.90 Å². The van der Waals surface area contributed by atoms with Gasteiger partial charge in [0, 0.05) is 17.1 Å². The molecule has 0 radical (unpaired) electrons. The van der Waals surface area contributed by atoms with E-state index in [1.54, 1.807) is 6.08 Å². The summed E-state index contributed by atoms with van der Waals surface area (Å²) >= 11 is 0. The second-order valence-corrected chi connectivity index (χ2v) is 4.54. The van der Waals surface area contributed by atoms with Crippen LogP contribution in [-0.2, 0) is 0 Å². The summed E-state index contributed by atoms with van der Waals surface area (Å²) in [6.45, 7) is 9.78. The van der Waals surface area contributed by atoms with E-state index in [0.717, 1.165) is 17.1 Å². The van der Waals surface area contributed by atoms with Crippen molar-refractivity contribution in [1.82, 2.24) is 0 Å². The van der Waals surface area contributed by atoms with E-state index < -0.39 is 0 Å². The molecule has 0 unspecified atom stereocenters. The highest BCUT2D eigenvalue weighted by atomic mass is 15.1. The lowest BCUT2D eigenvalue weighted by Gasteiger charge is -2.26. The van der Waals surface area contributed by atoms with Crippen LogP contribution in [0.25, 0.3) is 0 Å². The molecule has 2 aromatic rings. The SMILES string of the molecule is C.C.C=C/C=C(\C=C)N(c1ccccc1)c1ccc(C)cc1. The molecule has 0 aromatic heterocycles. The van der Waals surface area contributed by atoms with E-state index in [4.69, 9.17) is 0 Å². The van der Waals surface area contributed by atoms with Crippen molar-refractivity contribution in [2.24, 2.45) is 0 Å². The van der Waals surface area contributed by atoms with E-state index in [1.807, 2.05) is 30.4 Å². The first-order chi connectivity index (χ1) is 9.76. The quantitative estimate of drug-likeness (QED) is 0.557. The number of aryl methyl sites for hydroxylation is 1. The molecule has 0 atom stereocenters. The van der Waals surface area contributed by atoms with Crippen LogP contribution < -0.4 is 4.90 Å². The monoisotopic (exact) mass is 293 g/mol. The van der Waals surface area contributed by atoms with Crippen LogP contribution in [-0.4, -0.2) is 0 Å². The van der Waals surface area contributed by atoms with Crippen molar-refractivity contribution >= 4 is 11.4 Å². The minimum absolute atomic E-state index is 0. The Morgan fingerprint density at radius 2 is 1.41 bits per heavy atom. The highest BCUT2D eigenvalue weighted by Gasteiger charge is 2.11. The van der Waals surface area contributed by atoms with Gasteiger partial charge in [-0.05, 0) is 43.3 Å². The molecule has 0 heterocycles. The zero-order chi connectivity index (χ0) is 14.4. The number of benzene rings is 2. The van der Waals surface area contributed by atoms with Crippen LogP contribution >= 0.6 is 0 Å². The Morgan fingerprint density at radius 1 is 0.864 bits per heavy atom. The van der Waals surface area contributed by atoms with E-state index in [-0.39, 0.29) is 14.9 Å². The molecule has 22 heavy (non-hydrogen) atoms. The number of para-hydroxylation sites is 1. The predicted octanol–water partition coefficient (Wildman–Crippen LogP) is 6.66. The highest BCUT2D eigenvalue weighted by Crippen LogP contribution is 2.30. The summed E-state index contributed by atoms with van der Waals surface area (Å²) in [7, 11) is 0.